The maximum atomic E-state index is 5.96. The van der Waals surface area contributed by atoms with Crippen molar-refractivity contribution in [1.82, 2.24) is 9.97 Å². The normalized spacial score (nSPS) is 11.3. The van der Waals surface area contributed by atoms with Gasteiger partial charge in [0.2, 0.25) is 5.75 Å². The molecule has 0 fully saturated rings. The SMILES string of the molecule is COc1c(N)ncnc1Oc1cc(C)ccc1C(C)(C)C. The highest BCUT2D eigenvalue weighted by molar-refractivity contribution is 5.53. The van der Waals surface area contributed by atoms with Gasteiger partial charge in [-0.05, 0) is 24.0 Å². The molecule has 1 heterocycles. The number of nitrogens with zero attached hydrogens (tertiary/aromatic N) is 2. The van der Waals surface area contributed by atoms with Gasteiger partial charge in [-0.25, -0.2) is 4.98 Å². The van der Waals surface area contributed by atoms with Gasteiger partial charge in [0.1, 0.15) is 12.1 Å². The Morgan fingerprint density at radius 2 is 1.86 bits per heavy atom. The summed E-state index contributed by atoms with van der Waals surface area (Å²) in [5, 5.41) is 0. The summed E-state index contributed by atoms with van der Waals surface area (Å²) < 4.78 is 11.2. The number of ether oxygens (including phenoxy) is 2. The molecule has 0 saturated carbocycles. The van der Waals surface area contributed by atoms with Crippen LogP contribution in [0.4, 0.5) is 5.82 Å². The molecule has 0 aliphatic carbocycles. The molecule has 0 aliphatic heterocycles. The third-order valence-electron chi connectivity index (χ3n) is 3.15. The number of hydrogen-bond donors (Lipinski definition) is 1. The summed E-state index contributed by atoms with van der Waals surface area (Å²) in [5.41, 5.74) is 7.94. The van der Waals surface area contributed by atoms with E-state index in [2.05, 4.69) is 42.9 Å². The van der Waals surface area contributed by atoms with Gasteiger partial charge in [0.25, 0.3) is 5.88 Å². The zero-order chi connectivity index (χ0) is 15.6. The Labute approximate surface area is 125 Å². The number of nitrogen functional groups attached to an aromatic ring is 1. The smallest absolute Gasteiger partial charge is 0.268 e. The second kappa shape index (κ2) is 5.60. The second-order valence-corrected chi connectivity index (χ2v) is 5.95. The highest BCUT2D eigenvalue weighted by atomic mass is 16.5. The molecular formula is C16H21N3O2. The van der Waals surface area contributed by atoms with Gasteiger partial charge in [-0.3, -0.25) is 0 Å². The van der Waals surface area contributed by atoms with E-state index in [1.165, 1.54) is 13.4 Å². The molecule has 21 heavy (non-hydrogen) atoms. The van der Waals surface area contributed by atoms with E-state index >= 15 is 0 Å². The molecule has 112 valence electrons. The highest BCUT2D eigenvalue weighted by Gasteiger charge is 2.21. The fourth-order valence-electron chi connectivity index (χ4n) is 2.07. The first-order valence-electron chi connectivity index (χ1n) is 6.76. The molecule has 5 nitrogen and oxygen atoms in total. The first-order valence-corrected chi connectivity index (χ1v) is 6.76. The van der Waals surface area contributed by atoms with Crippen LogP contribution in [0.15, 0.2) is 24.5 Å². The van der Waals surface area contributed by atoms with Crippen LogP contribution in [0, 0.1) is 6.92 Å². The van der Waals surface area contributed by atoms with E-state index in [1.54, 1.807) is 0 Å². The Hall–Kier alpha value is -2.30. The molecule has 2 N–H and O–H groups in total. The van der Waals surface area contributed by atoms with Crippen LogP contribution in [0.1, 0.15) is 31.9 Å². The minimum Gasteiger partial charge on any atom is -0.489 e. The summed E-state index contributed by atoms with van der Waals surface area (Å²) in [5.74, 6) is 1.67. The van der Waals surface area contributed by atoms with Crippen LogP contribution < -0.4 is 15.2 Å². The minimum atomic E-state index is -0.0468. The monoisotopic (exact) mass is 287 g/mol. The standard InChI is InChI=1S/C16H21N3O2/c1-10-6-7-11(16(2,3)4)12(8-10)21-15-13(20-5)14(17)18-9-19-15/h6-9H,1-5H3,(H2,17,18,19). The van der Waals surface area contributed by atoms with Crippen LogP contribution in [-0.2, 0) is 5.41 Å². The van der Waals surface area contributed by atoms with Crippen molar-refractivity contribution < 1.29 is 9.47 Å². The van der Waals surface area contributed by atoms with Crippen molar-refractivity contribution in [2.45, 2.75) is 33.1 Å². The summed E-state index contributed by atoms with van der Waals surface area (Å²) in [4.78, 5) is 8.02. The molecule has 0 amide bonds. The molecule has 1 aromatic carbocycles. The highest BCUT2D eigenvalue weighted by Crippen LogP contribution is 2.38. The molecular weight excluding hydrogens is 266 g/mol. The Balaban J connectivity index is 2.49. The predicted octanol–water partition coefficient (Wildman–Crippen LogP) is 3.47. The first-order chi connectivity index (χ1) is 9.82. The van der Waals surface area contributed by atoms with Crippen molar-refractivity contribution in [3.05, 3.63) is 35.7 Å². The Morgan fingerprint density at radius 1 is 1.14 bits per heavy atom. The Kier molecular flexibility index (Phi) is 4.02. The molecule has 0 radical (unpaired) electrons. The van der Waals surface area contributed by atoms with Crippen LogP contribution >= 0.6 is 0 Å². The minimum absolute atomic E-state index is 0.0468. The van der Waals surface area contributed by atoms with Crippen LogP contribution in [0.3, 0.4) is 0 Å². The summed E-state index contributed by atoms with van der Waals surface area (Å²) in [6, 6.07) is 6.12. The zero-order valence-corrected chi connectivity index (χ0v) is 13.1. The van der Waals surface area contributed by atoms with E-state index in [0.717, 1.165) is 16.9 Å². The number of aromatic nitrogens is 2. The van der Waals surface area contributed by atoms with Gasteiger partial charge in [0.05, 0.1) is 7.11 Å². The van der Waals surface area contributed by atoms with Crippen molar-refractivity contribution in [2.24, 2.45) is 0 Å². The average molecular weight is 287 g/mol. The number of anilines is 1. The molecule has 0 atom stereocenters. The van der Waals surface area contributed by atoms with Crippen LogP contribution in [-0.4, -0.2) is 17.1 Å². The van der Waals surface area contributed by atoms with E-state index in [-0.39, 0.29) is 11.2 Å². The molecule has 0 unspecified atom stereocenters. The van der Waals surface area contributed by atoms with Gasteiger partial charge in [-0.2, -0.15) is 4.98 Å². The quantitative estimate of drug-likeness (QED) is 0.936. The van der Waals surface area contributed by atoms with Crippen molar-refractivity contribution >= 4 is 5.82 Å². The molecule has 0 spiro atoms. The number of rotatable bonds is 3. The van der Waals surface area contributed by atoms with Gasteiger partial charge in [-0.1, -0.05) is 32.9 Å². The van der Waals surface area contributed by atoms with E-state index in [9.17, 15) is 0 Å². The number of nitrogens with two attached hydrogens (primary N) is 1. The van der Waals surface area contributed by atoms with Crippen LogP contribution in [0.5, 0.6) is 17.4 Å². The lowest BCUT2D eigenvalue weighted by Gasteiger charge is -2.23. The Morgan fingerprint density at radius 3 is 2.48 bits per heavy atom. The molecule has 0 saturated heterocycles. The lowest BCUT2D eigenvalue weighted by Crippen LogP contribution is -2.13. The average Bonchev–Trinajstić information content (AvgIpc) is 2.37. The molecule has 5 heteroatoms. The molecule has 1 aromatic heterocycles. The van der Waals surface area contributed by atoms with Gasteiger partial charge in [-0.15, -0.1) is 0 Å². The fourth-order valence-corrected chi connectivity index (χ4v) is 2.07. The van der Waals surface area contributed by atoms with Gasteiger partial charge >= 0.3 is 0 Å². The third-order valence-corrected chi connectivity index (χ3v) is 3.15. The second-order valence-electron chi connectivity index (χ2n) is 5.95. The van der Waals surface area contributed by atoms with Crippen molar-refractivity contribution in [1.29, 1.82) is 0 Å². The number of benzene rings is 1. The van der Waals surface area contributed by atoms with Gasteiger partial charge in [0, 0.05) is 5.56 Å². The van der Waals surface area contributed by atoms with Crippen molar-refractivity contribution in [2.75, 3.05) is 12.8 Å². The number of hydrogen-bond acceptors (Lipinski definition) is 5. The predicted molar refractivity (Wildman–Crippen MR) is 82.9 cm³/mol. The summed E-state index contributed by atoms with van der Waals surface area (Å²) in [7, 11) is 1.52. The number of aryl methyl sites for hydroxylation is 1. The first kappa shape index (κ1) is 15.1. The van der Waals surface area contributed by atoms with E-state index in [0.29, 0.717) is 11.6 Å². The van der Waals surface area contributed by atoms with Crippen LogP contribution in [0.25, 0.3) is 0 Å². The molecule has 0 bridgehead atoms. The Bertz CT molecular complexity index is 648. The van der Waals surface area contributed by atoms with E-state index < -0.39 is 0 Å². The molecule has 2 aromatic rings. The largest absolute Gasteiger partial charge is 0.489 e. The molecule has 2 rings (SSSR count). The summed E-state index contributed by atoms with van der Waals surface area (Å²) in [6.45, 7) is 8.42. The zero-order valence-electron chi connectivity index (χ0n) is 13.1. The summed E-state index contributed by atoms with van der Waals surface area (Å²) >= 11 is 0. The lowest BCUT2D eigenvalue weighted by atomic mass is 9.86. The van der Waals surface area contributed by atoms with Gasteiger partial charge < -0.3 is 15.2 Å². The molecule has 0 aliphatic rings. The topological polar surface area (TPSA) is 70.3 Å². The van der Waals surface area contributed by atoms with Crippen LogP contribution in [0.2, 0.25) is 0 Å². The van der Waals surface area contributed by atoms with Crippen molar-refractivity contribution in [3.8, 4) is 17.4 Å². The number of methoxy groups -OCH3 is 1. The maximum Gasteiger partial charge on any atom is 0.268 e. The van der Waals surface area contributed by atoms with E-state index in [4.69, 9.17) is 15.2 Å². The third kappa shape index (κ3) is 3.24. The maximum absolute atomic E-state index is 5.96. The van der Waals surface area contributed by atoms with Gasteiger partial charge in [0.15, 0.2) is 5.82 Å². The van der Waals surface area contributed by atoms with Crippen molar-refractivity contribution in [3.63, 3.8) is 0 Å². The lowest BCUT2D eigenvalue weighted by molar-refractivity contribution is 0.364. The van der Waals surface area contributed by atoms with E-state index in [1.807, 2.05) is 13.0 Å². The fraction of sp³-hybridized carbons (Fsp3) is 0.375. The summed E-state index contributed by atoms with van der Waals surface area (Å²) in [6.07, 6.45) is 1.36.